The molecule has 2 aromatic carbocycles. The number of piperidine rings is 2. The van der Waals surface area contributed by atoms with Crippen molar-refractivity contribution in [3.63, 3.8) is 0 Å². The topological polar surface area (TPSA) is 176 Å². The van der Waals surface area contributed by atoms with Gasteiger partial charge in [-0.2, -0.15) is 0 Å². The summed E-state index contributed by atoms with van der Waals surface area (Å²) >= 11 is 12.8. The lowest BCUT2D eigenvalue weighted by Gasteiger charge is -2.32. The number of benzene rings is 2. The maximum atomic E-state index is 14.6. The van der Waals surface area contributed by atoms with E-state index < -0.39 is 29.5 Å². The Labute approximate surface area is 382 Å². The standard InChI is InChI=1S/C46H45Cl2N9O8/c1-24(2)55-39-36(45(62)57(33-21-28(48)23-51(3)43(33)60)37(39)25-10-12-27(47)13-11-25)50-40(55)30-20-26(22-49-41(30)64-6)42(59)54-18-16-29(17-19-54)65-34-9-7-8-31-38(34)53(5)46(63)56(31)32-14-15-35(58)52(4)44(32)61/h7-13,20-24,29,32,37H,14-19H2,1-6H3/t32?,37-/m0/s1. The number of imide groups is 1. The molecule has 0 radical (unpaired) electrons. The maximum Gasteiger partial charge on any atom is 0.329 e. The first-order valence-electron chi connectivity index (χ1n) is 21.2. The van der Waals surface area contributed by atoms with Gasteiger partial charge in [-0.1, -0.05) is 41.4 Å². The zero-order chi connectivity index (χ0) is 46.2. The fourth-order valence-electron chi connectivity index (χ4n) is 9.32. The summed E-state index contributed by atoms with van der Waals surface area (Å²) in [5.41, 5.74) is 2.36. The van der Waals surface area contributed by atoms with Gasteiger partial charge in [0.2, 0.25) is 11.8 Å². The van der Waals surface area contributed by atoms with Crippen molar-refractivity contribution in [2.45, 2.75) is 63.8 Å². The van der Waals surface area contributed by atoms with Gasteiger partial charge < -0.3 is 23.5 Å². The number of carbonyl (C=O) groups excluding carboxylic acids is 4. The number of amides is 4. The number of likely N-dealkylation sites (N-methyl/N-ethyl adjacent to an activating group) is 1. The quantitative estimate of drug-likeness (QED) is 0.158. The Morgan fingerprint density at radius 2 is 1.63 bits per heavy atom. The number of aromatic nitrogens is 6. The minimum absolute atomic E-state index is 0.0859. The average Bonchev–Trinajstić information content (AvgIpc) is 3.90. The number of imidazole rings is 2. The van der Waals surface area contributed by atoms with Gasteiger partial charge in [-0.25, -0.2) is 14.8 Å². The number of para-hydroxylation sites is 1. The third kappa shape index (κ3) is 7.26. The van der Waals surface area contributed by atoms with Gasteiger partial charge in [0.25, 0.3) is 23.3 Å². The molecule has 0 aliphatic carbocycles. The zero-order valence-electron chi connectivity index (χ0n) is 36.4. The van der Waals surface area contributed by atoms with Gasteiger partial charge in [-0.3, -0.25) is 42.9 Å². The van der Waals surface area contributed by atoms with E-state index in [0.717, 1.165) is 4.90 Å². The van der Waals surface area contributed by atoms with Gasteiger partial charge >= 0.3 is 5.69 Å². The number of aryl methyl sites for hydroxylation is 2. The Kier molecular flexibility index (Phi) is 11.2. The molecule has 65 heavy (non-hydrogen) atoms. The number of halogens is 2. The predicted octanol–water partition coefficient (Wildman–Crippen LogP) is 5.95. The SMILES string of the molecule is COc1ncc(C(=O)N2CCC(Oc3cccc4c3n(C)c(=O)n4C3CCC(=O)N(C)C3=O)CC2)cc1-c1nc2c(n1C(C)C)[C@H](c1ccc(Cl)cc1)N(c1cc(Cl)cn(C)c1=O)C2=O. The minimum Gasteiger partial charge on any atom is -0.488 e. The largest absolute Gasteiger partial charge is 0.488 e. The Balaban J connectivity index is 0.998. The van der Waals surface area contributed by atoms with Crippen LogP contribution >= 0.6 is 23.2 Å². The van der Waals surface area contributed by atoms with Crippen LogP contribution in [-0.2, 0) is 23.7 Å². The van der Waals surface area contributed by atoms with E-state index in [-0.39, 0.29) is 70.3 Å². The molecule has 6 aromatic rings. The molecule has 9 rings (SSSR count). The first-order chi connectivity index (χ1) is 31.1. The van der Waals surface area contributed by atoms with Gasteiger partial charge in [-0.05, 0) is 62.2 Å². The summed E-state index contributed by atoms with van der Waals surface area (Å²) < 4.78 is 18.4. The number of anilines is 1. The molecule has 0 saturated carbocycles. The molecule has 3 aliphatic heterocycles. The molecule has 19 heteroatoms. The number of rotatable bonds is 9. The van der Waals surface area contributed by atoms with Crippen LogP contribution in [0.5, 0.6) is 11.6 Å². The summed E-state index contributed by atoms with van der Waals surface area (Å²) in [4.78, 5) is 95.0. The highest BCUT2D eigenvalue weighted by Crippen LogP contribution is 2.45. The summed E-state index contributed by atoms with van der Waals surface area (Å²) in [6, 6.07) is 13.6. The van der Waals surface area contributed by atoms with E-state index in [9.17, 15) is 28.8 Å². The molecule has 0 spiro atoms. The molecule has 3 aliphatic rings. The van der Waals surface area contributed by atoms with Gasteiger partial charge in [-0.15, -0.1) is 0 Å². The molecule has 1 unspecified atom stereocenters. The summed E-state index contributed by atoms with van der Waals surface area (Å²) in [6.45, 7) is 4.63. The maximum absolute atomic E-state index is 14.6. The number of hydrogen-bond acceptors (Lipinski definition) is 10. The molecule has 336 valence electrons. The van der Waals surface area contributed by atoms with E-state index >= 15 is 0 Å². The van der Waals surface area contributed by atoms with Crippen LogP contribution in [-0.4, -0.2) is 95.0 Å². The van der Waals surface area contributed by atoms with Crippen molar-refractivity contribution in [2.24, 2.45) is 14.1 Å². The van der Waals surface area contributed by atoms with Gasteiger partial charge in [0.05, 0.1) is 34.5 Å². The fraction of sp³-hybridized carbons (Fsp3) is 0.348. The molecular formula is C46H45Cl2N9O8. The number of methoxy groups -OCH3 is 1. The van der Waals surface area contributed by atoms with E-state index in [4.69, 9.17) is 37.7 Å². The van der Waals surface area contributed by atoms with E-state index in [1.54, 1.807) is 67.5 Å². The van der Waals surface area contributed by atoms with Crippen molar-refractivity contribution in [1.82, 2.24) is 38.0 Å². The molecule has 4 aromatic heterocycles. The number of pyridine rings is 2. The van der Waals surface area contributed by atoms with E-state index in [2.05, 4.69) is 4.98 Å². The molecule has 2 fully saturated rings. The summed E-state index contributed by atoms with van der Waals surface area (Å²) in [6.07, 6.45) is 4.02. The van der Waals surface area contributed by atoms with Crippen LogP contribution in [0.25, 0.3) is 22.4 Å². The second-order valence-corrected chi connectivity index (χ2v) is 17.7. The predicted molar refractivity (Wildman–Crippen MR) is 242 cm³/mol. The molecule has 2 atom stereocenters. The molecule has 2 saturated heterocycles. The lowest BCUT2D eigenvalue weighted by Crippen LogP contribution is -2.45. The Hall–Kier alpha value is -6.72. The van der Waals surface area contributed by atoms with Crippen molar-refractivity contribution in [3.8, 4) is 23.0 Å². The summed E-state index contributed by atoms with van der Waals surface area (Å²) in [5.74, 6) is -0.460. The first-order valence-corrected chi connectivity index (χ1v) is 21.9. The Morgan fingerprint density at radius 1 is 0.908 bits per heavy atom. The van der Waals surface area contributed by atoms with Crippen molar-refractivity contribution in [1.29, 1.82) is 0 Å². The van der Waals surface area contributed by atoms with Crippen molar-refractivity contribution >= 4 is 63.6 Å². The Morgan fingerprint density at radius 3 is 2.32 bits per heavy atom. The van der Waals surface area contributed by atoms with Gasteiger partial charge in [0.1, 0.15) is 41.0 Å². The third-order valence-corrected chi connectivity index (χ3v) is 13.0. The second kappa shape index (κ2) is 16.7. The molecule has 17 nitrogen and oxygen atoms in total. The van der Waals surface area contributed by atoms with Gasteiger partial charge in [0.15, 0.2) is 5.69 Å². The van der Waals surface area contributed by atoms with Gasteiger partial charge in [0, 0.05) is 77.0 Å². The third-order valence-electron chi connectivity index (χ3n) is 12.5. The van der Waals surface area contributed by atoms with E-state index in [1.807, 2.05) is 18.4 Å². The number of nitrogens with zero attached hydrogens (tertiary/aromatic N) is 9. The number of hydrogen-bond donors (Lipinski definition) is 0. The van der Waals surface area contributed by atoms with Crippen LogP contribution in [0, 0.1) is 0 Å². The highest BCUT2D eigenvalue weighted by atomic mass is 35.5. The zero-order valence-corrected chi connectivity index (χ0v) is 38.0. The Bertz CT molecular complexity index is 3070. The first kappa shape index (κ1) is 43.5. The monoisotopic (exact) mass is 921 g/mol. The fourth-order valence-corrected chi connectivity index (χ4v) is 9.70. The second-order valence-electron chi connectivity index (χ2n) is 16.8. The van der Waals surface area contributed by atoms with E-state index in [0.29, 0.717) is 70.4 Å². The molecular weight excluding hydrogens is 877 g/mol. The lowest BCUT2D eigenvalue weighted by atomic mass is 10.0. The number of likely N-dealkylation sites (tertiary alicyclic amines) is 2. The number of carbonyl (C=O) groups is 4. The molecule has 4 amide bonds. The number of fused-ring (bicyclic) bond motifs is 2. The van der Waals surface area contributed by atoms with Crippen LogP contribution < -0.4 is 25.6 Å². The smallest absolute Gasteiger partial charge is 0.329 e. The van der Waals surface area contributed by atoms with Crippen LogP contribution in [0.1, 0.15) is 89.8 Å². The summed E-state index contributed by atoms with van der Waals surface area (Å²) in [5, 5.41) is 0.770. The van der Waals surface area contributed by atoms with Crippen LogP contribution in [0.3, 0.4) is 0 Å². The average molecular weight is 923 g/mol. The number of ether oxygens (including phenoxy) is 2. The molecule has 0 N–H and O–H groups in total. The summed E-state index contributed by atoms with van der Waals surface area (Å²) in [7, 11) is 6.10. The van der Waals surface area contributed by atoms with Crippen LogP contribution in [0.2, 0.25) is 10.0 Å². The van der Waals surface area contributed by atoms with Crippen LogP contribution in [0.15, 0.2) is 76.6 Å². The highest BCUT2D eigenvalue weighted by Gasteiger charge is 2.46. The van der Waals surface area contributed by atoms with Crippen molar-refractivity contribution < 1.29 is 28.7 Å². The molecule has 0 bridgehead atoms. The minimum atomic E-state index is -0.812. The highest BCUT2D eigenvalue weighted by molar-refractivity contribution is 6.31. The van der Waals surface area contributed by atoms with Crippen LogP contribution in [0.4, 0.5) is 5.69 Å². The van der Waals surface area contributed by atoms with Crippen molar-refractivity contribution in [2.75, 3.05) is 32.1 Å². The van der Waals surface area contributed by atoms with Crippen molar-refractivity contribution in [3.05, 3.63) is 120 Å². The lowest BCUT2D eigenvalue weighted by molar-refractivity contribution is -0.149. The molecule has 7 heterocycles. The van der Waals surface area contributed by atoms with E-state index in [1.165, 1.54) is 51.2 Å². The normalized spacial score (nSPS) is 18.0.